The van der Waals surface area contributed by atoms with E-state index in [2.05, 4.69) is 5.87 Å². The van der Waals surface area contributed by atoms with Crippen LogP contribution in [0.5, 0.6) is 0 Å². The minimum absolute atomic E-state index is 1.64. The maximum absolute atomic E-state index is 2.97. The van der Waals surface area contributed by atoms with Crippen LogP contribution in [-0.2, 0) is 0 Å². The van der Waals surface area contributed by atoms with Crippen molar-refractivity contribution >= 4 is 17.6 Å². The molecule has 2 heteroatoms. The van der Waals surface area contributed by atoms with Gasteiger partial charge in [-0.15, -0.1) is 0 Å². The van der Waals surface area contributed by atoms with Crippen molar-refractivity contribution < 1.29 is 4.58 Å². The largest absolute Gasteiger partial charge is 0.184 e. The zero-order chi connectivity index (χ0) is 5.11. The highest BCUT2D eigenvalue weighted by molar-refractivity contribution is 8.05. The van der Waals surface area contributed by atoms with Crippen molar-refractivity contribution in [1.29, 1.82) is 0 Å². The van der Waals surface area contributed by atoms with Crippen LogP contribution in [0, 0.1) is 0 Å². The molecule has 1 rings (SSSR count). The van der Waals surface area contributed by atoms with Crippen molar-refractivity contribution in [3.05, 3.63) is 17.0 Å². The van der Waals surface area contributed by atoms with Crippen molar-refractivity contribution in [2.45, 2.75) is 0 Å². The molecule has 0 aliphatic carbocycles. The standard InChI is InChI=1S/C5H6NS/c1-6-2-4-7-5-3-6/h2,4-5H,1H3/q+1. The van der Waals surface area contributed by atoms with Gasteiger partial charge in [0.25, 0.3) is 0 Å². The average molecular weight is 112 g/mol. The Morgan fingerprint density at radius 3 is 2.86 bits per heavy atom. The lowest BCUT2D eigenvalue weighted by atomic mass is 10.9. The molecule has 0 bridgehead atoms. The van der Waals surface area contributed by atoms with E-state index in [4.69, 9.17) is 0 Å². The lowest BCUT2D eigenvalue weighted by Gasteiger charge is -1.81. The Hall–Kier alpha value is -0.460. The predicted octanol–water partition coefficient (Wildman–Crippen LogP) is 1.03. The monoisotopic (exact) mass is 112 g/mol. The van der Waals surface area contributed by atoms with E-state index in [-0.39, 0.29) is 0 Å². The zero-order valence-electron chi connectivity index (χ0n) is 4.09. The van der Waals surface area contributed by atoms with Gasteiger partial charge in [-0.1, -0.05) is 11.8 Å². The molecule has 36 valence electrons. The topological polar surface area (TPSA) is 3.01 Å². The van der Waals surface area contributed by atoms with Gasteiger partial charge in [0.2, 0.25) is 0 Å². The van der Waals surface area contributed by atoms with Gasteiger partial charge in [-0.2, -0.15) is 4.58 Å². The van der Waals surface area contributed by atoms with Crippen LogP contribution in [0.3, 0.4) is 0 Å². The lowest BCUT2D eigenvalue weighted by Crippen LogP contribution is -1.92. The Morgan fingerprint density at radius 1 is 1.71 bits per heavy atom. The molecule has 0 fully saturated rings. The second kappa shape index (κ2) is 2.01. The molecule has 0 N–H and O–H groups in total. The first-order valence-electron chi connectivity index (χ1n) is 2.02. The summed E-state index contributed by atoms with van der Waals surface area (Å²) in [5.74, 6) is 2.97. The molecule has 0 aromatic rings. The summed E-state index contributed by atoms with van der Waals surface area (Å²) in [7, 11) is 1.95. The lowest BCUT2D eigenvalue weighted by molar-refractivity contribution is -0.413. The summed E-state index contributed by atoms with van der Waals surface area (Å²) in [6.45, 7) is 0. The number of rotatable bonds is 0. The molecule has 1 nitrogen and oxygen atoms in total. The van der Waals surface area contributed by atoms with Gasteiger partial charge in [0.15, 0.2) is 12.1 Å². The van der Waals surface area contributed by atoms with Crippen LogP contribution in [0.2, 0.25) is 0 Å². The van der Waals surface area contributed by atoms with E-state index in [0.29, 0.717) is 0 Å². The Balaban J connectivity index is 2.89. The molecule has 1 aliphatic heterocycles. The van der Waals surface area contributed by atoms with Crippen molar-refractivity contribution in [2.24, 2.45) is 0 Å². The molecular weight excluding hydrogens is 106 g/mol. The van der Waals surface area contributed by atoms with Crippen molar-refractivity contribution in [3.63, 3.8) is 0 Å². The smallest absolute Gasteiger partial charge is 0.159 e. The SMILES string of the molecule is C[N+]1=C=CSC=C1. The maximum atomic E-state index is 2.97. The summed E-state index contributed by atoms with van der Waals surface area (Å²) in [6, 6.07) is 0. The highest BCUT2D eigenvalue weighted by atomic mass is 32.2. The summed E-state index contributed by atoms with van der Waals surface area (Å²) in [4.78, 5) is 0. The van der Waals surface area contributed by atoms with Gasteiger partial charge < -0.3 is 0 Å². The Kier molecular flexibility index (Phi) is 1.35. The van der Waals surface area contributed by atoms with Crippen LogP contribution in [0.1, 0.15) is 0 Å². The highest BCUT2D eigenvalue weighted by Crippen LogP contribution is 2.02. The molecule has 7 heavy (non-hydrogen) atoms. The molecule has 1 heterocycles. The fourth-order valence-corrected chi connectivity index (χ4v) is 0.881. The van der Waals surface area contributed by atoms with Crippen molar-refractivity contribution in [3.8, 4) is 0 Å². The average Bonchev–Trinajstić information content (AvgIpc) is 1.69. The Labute approximate surface area is 47.0 Å². The van der Waals surface area contributed by atoms with E-state index in [0.717, 1.165) is 0 Å². The number of nitrogens with zero attached hydrogens (tertiary/aromatic N) is 1. The molecule has 0 atom stereocenters. The quantitative estimate of drug-likeness (QED) is 0.423. The van der Waals surface area contributed by atoms with E-state index in [1.54, 1.807) is 11.8 Å². The summed E-state index contributed by atoms with van der Waals surface area (Å²) in [5, 5.41) is 3.93. The molecule has 0 radical (unpaired) electrons. The third kappa shape index (κ3) is 1.22. The van der Waals surface area contributed by atoms with Gasteiger partial charge in [0.05, 0.1) is 5.41 Å². The van der Waals surface area contributed by atoms with E-state index in [1.165, 1.54) is 0 Å². The first-order chi connectivity index (χ1) is 3.39. The Morgan fingerprint density at radius 2 is 2.57 bits per heavy atom. The maximum Gasteiger partial charge on any atom is 0.184 e. The van der Waals surface area contributed by atoms with Gasteiger partial charge in [0, 0.05) is 5.41 Å². The second-order valence-electron chi connectivity index (χ2n) is 1.28. The molecule has 0 spiro atoms. The third-order valence-corrected chi connectivity index (χ3v) is 1.21. The van der Waals surface area contributed by atoms with E-state index in [1.807, 2.05) is 28.6 Å². The summed E-state index contributed by atoms with van der Waals surface area (Å²) in [5.41, 5.74) is 0. The van der Waals surface area contributed by atoms with Crippen LogP contribution in [0.15, 0.2) is 17.0 Å². The molecule has 0 saturated carbocycles. The minimum atomic E-state index is 1.64. The van der Waals surface area contributed by atoms with Gasteiger partial charge in [-0.05, 0) is 0 Å². The molecule has 0 unspecified atom stereocenters. The number of hydrogen-bond donors (Lipinski definition) is 0. The fourth-order valence-electron chi connectivity index (χ4n) is 0.322. The number of thioether (sulfide) groups is 1. The van der Waals surface area contributed by atoms with E-state index >= 15 is 0 Å². The second-order valence-corrected chi connectivity index (χ2v) is 2.06. The van der Waals surface area contributed by atoms with Crippen LogP contribution in [-0.4, -0.2) is 17.5 Å². The summed E-state index contributed by atoms with van der Waals surface area (Å²) in [6.07, 6.45) is 1.96. The van der Waals surface area contributed by atoms with E-state index < -0.39 is 0 Å². The highest BCUT2D eigenvalue weighted by Gasteiger charge is 1.87. The molecular formula is C5H6NS+. The zero-order valence-corrected chi connectivity index (χ0v) is 4.90. The molecule has 0 amide bonds. The molecule has 0 aromatic heterocycles. The van der Waals surface area contributed by atoms with Gasteiger partial charge in [-0.3, -0.25) is 0 Å². The first kappa shape index (κ1) is 4.69. The summed E-state index contributed by atoms with van der Waals surface area (Å²) >= 11 is 1.64. The Bertz CT molecular complexity index is 151. The minimum Gasteiger partial charge on any atom is -0.159 e. The number of hydrogen-bond acceptors (Lipinski definition) is 1. The van der Waals surface area contributed by atoms with Crippen LogP contribution in [0.4, 0.5) is 0 Å². The predicted molar refractivity (Wildman–Crippen MR) is 32.5 cm³/mol. The van der Waals surface area contributed by atoms with Gasteiger partial charge in [0.1, 0.15) is 7.05 Å². The first-order valence-corrected chi connectivity index (χ1v) is 2.97. The molecule has 1 aliphatic rings. The van der Waals surface area contributed by atoms with Crippen molar-refractivity contribution in [1.82, 2.24) is 0 Å². The third-order valence-electron chi connectivity index (χ3n) is 0.687. The van der Waals surface area contributed by atoms with Crippen LogP contribution < -0.4 is 0 Å². The molecule has 0 saturated heterocycles. The van der Waals surface area contributed by atoms with E-state index in [9.17, 15) is 0 Å². The van der Waals surface area contributed by atoms with Crippen LogP contribution >= 0.6 is 11.8 Å². The molecule has 0 aromatic carbocycles. The van der Waals surface area contributed by atoms with Crippen LogP contribution in [0.25, 0.3) is 0 Å². The van der Waals surface area contributed by atoms with Gasteiger partial charge in [-0.25, -0.2) is 0 Å². The van der Waals surface area contributed by atoms with Gasteiger partial charge >= 0.3 is 0 Å². The fraction of sp³-hybridized carbons (Fsp3) is 0.200. The summed E-state index contributed by atoms with van der Waals surface area (Å²) < 4.78 is 1.89. The van der Waals surface area contributed by atoms with Crippen molar-refractivity contribution in [2.75, 3.05) is 7.05 Å². The normalized spacial score (nSPS) is 17.0.